The first-order valence-electron chi connectivity index (χ1n) is 7.93. The van der Waals surface area contributed by atoms with Crippen molar-refractivity contribution < 1.29 is 18.1 Å². The van der Waals surface area contributed by atoms with Crippen LogP contribution in [0.4, 0.5) is 13.6 Å². The van der Waals surface area contributed by atoms with E-state index in [1.54, 1.807) is 4.90 Å². The van der Waals surface area contributed by atoms with Crippen LogP contribution < -0.4 is 5.32 Å². The molecular weight excluding hydrogens is 318 g/mol. The van der Waals surface area contributed by atoms with Crippen molar-refractivity contribution in [1.82, 2.24) is 20.4 Å². The van der Waals surface area contributed by atoms with E-state index in [0.717, 1.165) is 25.0 Å². The minimum Gasteiger partial charge on any atom is -0.338 e. The van der Waals surface area contributed by atoms with Crippen LogP contribution in [0, 0.1) is 11.6 Å². The van der Waals surface area contributed by atoms with Crippen molar-refractivity contribution in [1.29, 1.82) is 0 Å². The number of carbonyl (C=O) groups excluding carboxylic acids is 1. The summed E-state index contributed by atoms with van der Waals surface area (Å²) in [6.45, 7) is 3.17. The normalized spacial score (nSPS) is 17.3. The van der Waals surface area contributed by atoms with Crippen molar-refractivity contribution >= 4 is 6.03 Å². The average molecular weight is 336 g/mol. The first-order chi connectivity index (χ1) is 11.6. The van der Waals surface area contributed by atoms with E-state index in [0.29, 0.717) is 19.5 Å². The van der Waals surface area contributed by atoms with Crippen molar-refractivity contribution in [3.05, 3.63) is 35.7 Å². The van der Waals surface area contributed by atoms with E-state index in [2.05, 4.69) is 15.5 Å². The molecule has 3 rings (SSSR count). The highest BCUT2D eigenvalue weighted by atomic mass is 19.1. The molecule has 0 spiro atoms. The third-order valence-corrected chi connectivity index (χ3v) is 3.94. The number of hydrogen-bond acceptors (Lipinski definition) is 4. The van der Waals surface area contributed by atoms with Gasteiger partial charge in [0.05, 0.1) is 5.56 Å². The van der Waals surface area contributed by atoms with Crippen LogP contribution in [-0.4, -0.2) is 34.2 Å². The van der Waals surface area contributed by atoms with Gasteiger partial charge in [0, 0.05) is 19.2 Å². The molecule has 0 bridgehead atoms. The predicted molar refractivity (Wildman–Crippen MR) is 82.0 cm³/mol. The second kappa shape index (κ2) is 6.94. The molecule has 0 radical (unpaired) electrons. The number of likely N-dealkylation sites (tertiary alicyclic amines) is 1. The maximum Gasteiger partial charge on any atom is 0.318 e. The number of halogens is 2. The van der Waals surface area contributed by atoms with Crippen molar-refractivity contribution in [2.45, 2.75) is 32.2 Å². The third-order valence-electron chi connectivity index (χ3n) is 3.94. The second-order valence-electron chi connectivity index (χ2n) is 5.66. The molecule has 1 aliphatic heterocycles. The van der Waals surface area contributed by atoms with E-state index in [1.807, 2.05) is 6.92 Å². The fourth-order valence-electron chi connectivity index (χ4n) is 2.75. The van der Waals surface area contributed by atoms with Gasteiger partial charge in [-0.1, -0.05) is 12.1 Å². The smallest absolute Gasteiger partial charge is 0.318 e. The zero-order valence-corrected chi connectivity index (χ0v) is 13.3. The fraction of sp³-hybridized carbons (Fsp3) is 0.438. The lowest BCUT2D eigenvalue weighted by Gasteiger charge is -2.22. The highest BCUT2D eigenvalue weighted by Gasteiger charge is 2.34. The summed E-state index contributed by atoms with van der Waals surface area (Å²) in [7, 11) is 0. The van der Waals surface area contributed by atoms with Crippen LogP contribution in [0.5, 0.6) is 0 Å². The van der Waals surface area contributed by atoms with Crippen molar-refractivity contribution in [3.8, 4) is 11.4 Å². The largest absolute Gasteiger partial charge is 0.338 e. The molecule has 24 heavy (non-hydrogen) atoms. The SMILES string of the molecule is CCCNC(=O)N1CCCC1c1nc(-c2ccc(F)cc2F)no1. The highest BCUT2D eigenvalue weighted by molar-refractivity contribution is 5.74. The van der Waals surface area contributed by atoms with Crippen LogP contribution in [0.3, 0.4) is 0 Å². The Hall–Kier alpha value is -2.51. The molecule has 1 aromatic carbocycles. The van der Waals surface area contributed by atoms with Crippen LogP contribution in [0.2, 0.25) is 0 Å². The summed E-state index contributed by atoms with van der Waals surface area (Å²) in [6.07, 6.45) is 2.37. The number of rotatable bonds is 4. The molecule has 1 saturated heterocycles. The van der Waals surface area contributed by atoms with Gasteiger partial charge in [0.25, 0.3) is 0 Å². The number of amides is 2. The molecule has 1 N–H and O–H groups in total. The summed E-state index contributed by atoms with van der Waals surface area (Å²) < 4.78 is 32.1. The standard InChI is InChI=1S/C16H18F2N4O2/c1-2-7-19-16(23)22-8-3-4-13(22)15-20-14(21-24-15)11-6-5-10(17)9-12(11)18/h5-6,9,13H,2-4,7-8H2,1H3,(H,19,23). The van der Waals surface area contributed by atoms with Gasteiger partial charge < -0.3 is 14.7 Å². The van der Waals surface area contributed by atoms with Crippen LogP contribution >= 0.6 is 0 Å². The Labute approximate surface area is 137 Å². The Kier molecular flexibility index (Phi) is 4.73. The summed E-state index contributed by atoms with van der Waals surface area (Å²) in [5.41, 5.74) is 0.0615. The number of carbonyl (C=O) groups is 1. The Morgan fingerprint density at radius 2 is 2.29 bits per heavy atom. The molecule has 0 saturated carbocycles. The number of hydrogen-bond donors (Lipinski definition) is 1. The van der Waals surface area contributed by atoms with Crippen molar-refractivity contribution in [2.75, 3.05) is 13.1 Å². The molecule has 0 aliphatic carbocycles. The van der Waals surface area contributed by atoms with Crippen LogP contribution in [0.15, 0.2) is 22.7 Å². The van der Waals surface area contributed by atoms with Gasteiger partial charge in [-0.3, -0.25) is 0 Å². The summed E-state index contributed by atoms with van der Waals surface area (Å²) in [4.78, 5) is 18.0. The lowest BCUT2D eigenvalue weighted by molar-refractivity contribution is 0.180. The molecule has 6 nitrogen and oxygen atoms in total. The Balaban J connectivity index is 1.80. The van der Waals surface area contributed by atoms with E-state index in [-0.39, 0.29) is 29.4 Å². The first-order valence-corrected chi connectivity index (χ1v) is 7.93. The minimum atomic E-state index is -0.758. The minimum absolute atomic E-state index is 0.0447. The number of nitrogens with zero attached hydrogens (tertiary/aromatic N) is 3. The van der Waals surface area contributed by atoms with Gasteiger partial charge in [0.1, 0.15) is 17.7 Å². The van der Waals surface area contributed by atoms with E-state index in [1.165, 1.54) is 6.07 Å². The second-order valence-corrected chi connectivity index (χ2v) is 5.66. The molecule has 1 aromatic heterocycles. The van der Waals surface area contributed by atoms with Crippen molar-refractivity contribution in [2.24, 2.45) is 0 Å². The Bertz CT molecular complexity index is 735. The molecule has 1 fully saturated rings. The van der Waals surface area contributed by atoms with E-state index < -0.39 is 11.6 Å². The quantitative estimate of drug-likeness (QED) is 0.930. The summed E-state index contributed by atoms with van der Waals surface area (Å²) in [5.74, 6) is -1.12. The molecule has 2 heterocycles. The van der Waals surface area contributed by atoms with Crippen LogP contribution in [-0.2, 0) is 0 Å². The van der Waals surface area contributed by atoms with Gasteiger partial charge >= 0.3 is 6.03 Å². The molecule has 1 atom stereocenters. The number of urea groups is 1. The maximum atomic E-state index is 13.8. The zero-order chi connectivity index (χ0) is 17.1. The predicted octanol–water partition coefficient (Wildman–Crippen LogP) is 3.27. The summed E-state index contributed by atoms with van der Waals surface area (Å²) in [5, 5.41) is 6.59. The highest BCUT2D eigenvalue weighted by Crippen LogP contribution is 2.32. The molecule has 1 unspecified atom stereocenters. The topological polar surface area (TPSA) is 71.3 Å². The lowest BCUT2D eigenvalue weighted by Crippen LogP contribution is -2.39. The molecule has 2 amide bonds. The molecule has 128 valence electrons. The third kappa shape index (κ3) is 3.22. The maximum absolute atomic E-state index is 13.8. The lowest BCUT2D eigenvalue weighted by atomic mass is 10.2. The average Bonchev–Trinajstić information content (AvgIpc) is 3.21. The molecule has 8 heteroatoms. The van der Waals surface area contributed by atoms with E-state index >= 15 is 0 Å². The van der Waals surface area contributed by atoms with Gasteiger partial charge in [-0.05, 0) is 31.4 Å². The number of nitrogens with one attached hydrogen (secondary N) is 1. The fourth-order valence-corrected chi connectivity index (χ4v) is 2.75. The summed E-state index contributed by atoms with van der Waals surface area (Å²) in [6, 6.07) is 2.67. The molecule has 1 aliphatic rings. The van der Waals surface area contributed by atoms with Gasteiger partial charge in [-0.25, -0.2) is 13.6 Å². The van der Waals surface area contributed by atoms with Crippen molar-refractivity contribution in [3.63, 3.8) is 0 Å². The first kappa shape index (κ1) is 16.4. The number of benzene rings is 1. The van der Waals surface area contributed by atoms with E-state index in [9.17, 15) is 13.6 Å². The monoisotopic (exact) mass is 336 g/mol. The number of aromatic nitrogens is 2. The zero-order valence-electron chi connectivity index (χ0n) is 13.3. The van der Waals surface area contributed by atoms with Gasteiger partial charge in [0.15, 0.2) is 0 Å². The Morgan fingerprint density at radius 3 is 3.04 bits per heavy atom. The Morgan fingerprint density at radius 1 is 1.46 bits per heavy atom. The van der Waals surface area contributed by atoms with Gasteiger partial charge in [0.2, 0.25) is 11.7 Å². The molecule has 2 aromatic rings. The van der Waals surface area contributed by atoms with Gasteiger partial charge in [-0.15, -0.1) is 0 Å². The summed E-state index contributed by atoms with van der Waals surface area (Å²) >= 11 is 0. The van der Waals surface area contributed by atoms with Gasteiger partial charge in [-0.2, -0.15) is 4.98 Å². The van der Waals surface area contributed by atoms with E-state index in [4.69, 9.17) is 4.52 Å². The van der Waals surface area contributed by atoms with Crippen LogP contribution in [0.25, 0.3) is 11.4 Å². The molecular formula is C16H18F2N4O2. The van der Waals surface area contributed by atoms with Crippen LogP contribution in [0.1, 0.15) is 38.1 Å².